The molecule has 148 valence electrons. The lowest BCUT2D eigenvalue weighted by atomic mass is 9.81. The van der Waals surface area contributed by atoms with E-state index in [0.717, 1.165) is 57.7 Å². The van der Waals surface area contributed by atoms with Crippen molar-refractivity contribution in [2.24, 2.45) is 11.8 Å². The molecular weight excluding hydrogens is 332 g/mol. The third-order valence-electron chi connectivity index (χ3n) is 6.47. The number of ether oxygens (including phenoxy) is 4. The molecule has 5 rings (SSSR count). The Morgan fingerprint density at radius 1 is 0.808 bits per heavy atom. The minimum Gasteiger partial charge on any atom is -0.465 e. The lowest BCUT2D eigenvalue weighted by Gasteiger charge is -2.45. The Bertz CT molecular complexity index is 451. The first-order valence-electron chi connectivity index (χ1n) is 10.8. The number of rotatable bonds is 11. The van der Waals surface area contributed by atoms with Crippen molar-refractivity contribution in [3.05, 3.63) is 0 Å². The normalized spacial score (nSPS) is 37.5. The SMILES string of the molecule is O=C(OCCCCCCCOCC1CC2CC(C1)O2)C1CCC2OC2C1. The van der Waals surface area contributed by atoms with Crippen LogP contribution >= 0.6 is 0 Å². The maximum atomic E-state index is 12.0. The molecule has 5 atom stereocenters. The van der Waals surface area contributed by atoms with Crippen LogP contribution in [0.5, 0.6) is 0 Å². The van der Waals surface area contributed by atoms with Gasteiger partial charge in [0.2, 0.25) is 0 Å². The molecule has 3 saturated heterocycles. The minimum atomic E-state index is -0.00176. The zero-order chi connectivity index (χ0) is 17.8. The molecule has 3 heterocycles. The van der Waals surface area contributed by atoms with Gasteiger partial charge < -0.3 is 18.9 Å². The van der Waals surface area contributed by atoms with E-state index in [1.54, 1.807) is 0 Å². The molecule has 5 heteroatoms. The van der Waals surface area contributed by atoms with Gasteiger partial charge in [0, 0.05) is 13.2 Å². The van der Waals surface area contributed by atoms with E-state index in [9.17, 15) is 4.79 Å². The van der Waals surface area contributed by atoms with E-state index in [4.69, 9.17) is 18.9 Å². The maximum absolute atomic E-state index is 12.0. The predicted octanol–water partition coefficient (Wildman–Crippen LogP) is 3.63. The first kappa shape index (κ1) is 18.7. The number of fused-ring (bicyclic) bond motifs is 3. The van der Waals surface area contributed by atoms with E-state index in [0.29, 0.717) is 31.0 Å². The largest absolute Gasteiger partial charge is 0.465 e. The van der Waals surface area contributed by atoms with Crippen LogP contribution in [0.25, 0.3) is 0 Å². The molecule has 0 N–H and O–H groups in total. The Hall–Kier alpha value is -0.650. The summed E-state index contributed by atoms with van der Waals surface area (Å²) in [5.41, 5.74) is 0. The summed E-state index contributed by atoms with van der Waals surface area (Å²) in [5, 5.41) is 0. The highest BCUT2D eigenvalue weighted by atomic mass is 16.6. The van der Waals surface area contributed by atoms with Crippen LogP contribution in [-0.4, -0.2) is 50.2 Å². The van der Waals surface area contributed by atoms with E-state index in [2.05, 4.69) is 0 Å². The summed E-state index contributed by atoms with van der Waals surface area (Å²) in [6.07, 6.45) is 14.0. The number of esters is 1. The van der Waals surface area contributed by atoms with E-state index in [-0.39, 0.29) is 11.9 Å². The van der Waals surface area contributed by atoms with Gasteiger partial charge in [-0.1, -0.05) is 19.3 Å². The predicted molar refractivity (Wildman–Crippen MR) is 96.9 cm³/mol. The Morgan fingerprint density at radius 3 is 2.31 bits per heavy atom. The highest BCUT2D eigenvalue weighted by Gasteiger charge is 2.46. The standard InChI is InChI=1S/C21H34O5/c22-21(16-6-7-19-20(12-16)26-19)24-9-5-3-1-2-4-8-23-14-15-10-17-13-18(11-15)25-17/h15-20H,1-14H2. The van der Waals surface area contributed by atoms with Crippen molar-refractivity contribution < 1.29 is 23.7 Å². The van der Waals surface area contributed by atoms with Gasteiger partial charge in [0.25, 0.3) is 0 Å². The fourth-order valence-electron chi connectivity index (χ4n) is 4.83. The van der Waals surface area contributed by atoms with Crippen molar-refractivity contribution >= 4 is 5.97 Å². The molecule has 5 fully saturated rings. The number of epoxide rings is 1. The van der Waals surface area contributed by atoms with Crippen molar-refractivity contribution in [3.8, 4) is 0 Å². The van der Waals surface area contributed by atoms with E-state index in [1.165, 1.54) is 32.1 Å². The topological polar surface area (TPSA) is 57.3 Å². The van der Waals surface area contributed by atoms with Gasteiger partial charge in [0.15, 0.2) is 0 Å². The number of carbonyl (C=O) groups is 1. The van der Waals surface area contributed by atoms with Gasteiger partial charge in [0.1, 0.15) is 0 Å². The number of hydrogen-bond acceptors (Lipinski definition) is 5. The molecule has 0 aromatic heterocycles. The third kappa shape index (κ3) is 5.20. The fourth-order valence-corrected chi connectivity index (χ4v) is 4.83. The van der Waals surface area contributed by atoms with Gasteiger partial charge in [-0.05, 0) is 57.3 Å². The van der Waals surface area contributed by atoms with Crippen molar-refractivity contribution in [2.75, 3.05) is 19.8 Å². The molecule has 5 aliphatic rings. The average molecular weight is 366 g/mol. The van der Waals surface area contributed by atoms with Crippen molar-refractivity contribution in [2.45, 2.75) is 95.0 Å². The summed E-state index contributed by atoms with van der Waals surface area (Å²) in [5.74, 6) is 0.805. The lowest BCUT2D eigenvalue weighted by Crippen LogP contribution is -2.46. The summed E-state index contributed by atoms with van der Waals surface area (Å²) >= 11 is 0. The zero-order valence-electron chi connectivity index (χ0n) is 15.9. The molecule has 2 bridgehead atoms. The molecule has 0 spiro atoms. The monoisotopic (exact) mass is 366 g/mol. The van der Waals surface area contributed by atoms with Crippen LogP contribution in [0, 0.1) is 11.8 Å². The minimum absolute atomic E-state index is 0.00176. The third-order valence-corrected chi connectivity index (χ3v) is 6.47. The quantitative estimate of drug-likeness (QED) is 0.317. The van der Waals surface area contributed by atoms with Gasteiger partial charge in [0.05, 0.1) is 36.9 Å². The molecule has 0 amide bonds. The van der Waals surface area contributed by atoms with Gasteiger partial charge in [-0.15, -0.1) is 0 Å². The summed E-state index contributed by atoms with van der Waals surface area (Å²) in [6.45, 7) is 2.38. The van der Waals surface area contributed by atoms with Gasteiger partial charge in [-0.3, -0.25) is 4.79 Å². The van der Waals surface area contributed by atoms with Crippen LogP contribution in [0.4, 0.5) is 0 Å². The van der Waals surface area contributed by atoms with Crippen LogP contribution < -0.4 is 0 Å². The Labute approximate surface area is 157 Å². The summed E-state index contributed by atoms with van der Waals surface area (Å²) in [4.78, 5) is 12.0. The van der Waals surface area contributed by atoms with Crippen molar-refractivity contribution in [3.63, 3.8) is 0 Å². The Morgan fingerprint density at radius 2 is 1.54 bits per heavy atom. The van der Waals surface area contributed by atoms with Crippen LogP contribution in [0.2, 0.25) is 0 Å². The van der Waals surface area contributed by atoms with Crippen LogP contribution in [-0.2, 0) is 23.7 Å². The van der Waals surface area contributed by atoms with Crippen LogP contribution in [0.3, 0.4) is 0 Å². The molecular formula is C21H34O5. The summed E-state index contributed by atoms with van der Waals surface area (Å²) in [7, 11) is 0. The molecule has 0 radical (unpaired) electrons. The van der Waals surface area contributed by atoms with Crippen LogP contribution in [0.15, 0.2) is 0 Å². The Balaban J connectivity index is 0.922. The molecule has 5 nitrogen and oxygen atoms in total. The first-order chi connectivity index (χ1) is 12.8. The first-order valence-corrected chi connectivity index (χ1v) is 10.8. The maximum Gasteiger partial charge on any atom is 0.309 e. The average Bonchev–Trinajstić information content (AvgIpc) is 3.41. The highest BCUT2D eigenvalue weighted by molar-refractivity contribution is 5.72. The summed E-state index contributed by atoms with van der Waals surface area (Å²) < 4.78 is 22.4. The molecule has 5 unspecified atom stereocenters. The molecule has 2 saturated carbocycles. The van der Waals surface area contributed by atoms with E-state index in [1.807, 2.05) is 0 Å². The Kier molecular flexibility index (Phi) is 6.49. The second-order valence-corrected chi connectivity index (χ2v) is 8.69. The van der Waals surface area contributed by atoms with Gasteiger partial charge >= 0.3 is 5.97 Å². The lowest BCUT2D eigenvalue weighted by molar-refractivity contribution is -0.179. The molecule has 26 heavy (non-hydrogen) atoms. The highest BCUT2D eigenvalue weighted by Crippen LogP contribution is 2.40. The zero-order valence-corrected chi connectivity index (χ0v) is 15.9. The smallest absolute Gasteiger partial charge is 0.309 e. The number of hydrogen-bond donors (Lipinski definition) is 0. The van der Waals surface area contributed by atoms with Crippen LogP contribution in [0.1, 0.15) is 70.6 Å². The number of unbranched alkanes of at least 4 members (excludes halogenated alkanes) is 4. The molecule has 2 aliphatic carbocycles. The van der Waals surface area contributed by atoms with Crippen molar-refractivity contribution in [1.82, 2.24) is 0 Å². The number of carbonyl (C=O) groups excluding carboxylic acids is 1. The van der Waals surface area contributed by atoms with Gasteiger partial charge in [-0.2, -0.15) is 0 Å². The molecule has 0 aromatic rings. The summed E-state index contributed by atoms with van der Waals surface area (Å²) in [6, 6.07) is 0. The van der Waals surface area contributed by atoms with E-state index < -0.39 is 0 Å². The molecule has 3 aliphatic heterocycles. The second-order valence-electron chi connectivity index (χ2n) is 8.69. The molecule has 0 aromatic carbocycles. The second kappa shape index (κ2) is 9.03. The van der Waals surface area contributed by atoms with Crippen molar-refractivity contribution in [1.29, 1.82) is 0 Å². The fraction of sp³-hybridized carbons (Fsp3) is 0.952. The van der Waals surface area contributed by atoms with Gasteiger partial charge in [-0.25, -0.2) is 0 Å². The van der Waals surface area contributed by atoms with E-state index >= 15 is 0 Å².